The van der Waals surface area contributed by atoms with Gasteiger partial charge in [0, 0.05) is 132 Å². The summed E-state index contributed by atoms with van der Waals surface area (Å²) < 4.78 is 128. The summed E-state index contributed by atoms with van der Waals surface area (Å²) in [6.07, 6.45) is 1.42. The molecule has 6 saturated heterocycles. The summed E-state index contributed by atoms with van der Waals surface area (Å²) in [5.41, 5.74) is 4.97. The Morgan fingerprint density at radius 2 is 1.76 bits per heavy atom. The highest BCUT2D eigenvalue weighted by Crippen LogP contribution is 2.49. The molecular formula is C61H86F3N11O7. The minimum absolute atomic E-state index is 0.00435. The van der Waals surface area contributed by atoms with Gasteiger partial charge in [-0.2, -0.15) is 13.2 Å². The maximum atomic E-state index is 15.5. The number of likely N-dealkylation sites (N-methyl/N-ethyl adjacent to an activating group) is 1. The normalized spacial score (nSPS) is 32.2. The van der Waals surface area contributed by atoms with Crippen LogP contribution in [0.1, 0.15) is 119 Å². The Balaban J connectivity index is 0.900. The number of aromatic nitrogens is 2. The van der Waals surface area contributed by atoms with Crippen LogP contribution in [-0.2, 0) is 46.4 Å². The number of carbonyl (C=O) groups is 4. The summed E-state index contributed by atoms with van der Waals surface area (Å²) in [5, 5.41) is 4.46. The van der Waals surface area contributed by atoms with E-state index in [0.29, 0.717) is 90.0 Å². The number of halogens is 3. The fourth-order valence-corrected chi connectivity index (χ4v) is 14.5. The van der Waals surface area contributed by atoms with E-state index in [0.717, 1.165) is 44.7 Å². The van der Waals surface area contributed by atoms with Crippen molar-refractivity contribution in [1.29, 1.82) is 0 Å². The van der Waals surface area contributed by atoms with E-state index in [9.17, 15) is 11.0 Å². The van der Waals surface area contributed by atoms with Crippen molar-refractivity contribution < 1.29 is 56.2 Å². The zero-order valence-electron chi connectivity index (χ0n) is 55.1. The van der Waals surface area contributed by atoms with Gasteiger partial charge in [0.15, 0.2) is 0 Å². The van der Waals surface area contributed by atoms with E-state index in [2.05, 4.69) is 25.4 Å². The lowest BCUT2D eigenvalue weighted by Gasteiger charge is -2.39. The molecule has 18 nitrogen and oxygen atoms in total. The molecule has 9 aliphatic rings. The number of likely N-dealkylation sites (tertiary alicyclic amines) is 2. The number of ether oxygens (including phenoxy) is 3. The van der Waals surface area contributed by atoms with Crippen LogP contribution in [0.25, 0.3) is 22.2 Å². The Kier molecular flexibility index (Phi) is 13.5. The molecule has 6 bridgehead atoms. The van der Waals surface area contributed by atoms with Gasteiger partial charge in [0.25, 0.3) is 5.91 Å². The predicted octanol–water partition coefficient (Wildman–Crippen LogP) is 6.00. The lowest BCUT2D eigenvalue weighted by atomic mass is 9.84. The number of methoxy groups -OCH3 is 1. The number of anilines is 2. The number of cyclic esters (lactones) is 1. The molecule has 8 fully saturated rings. The van der Waals surface area contributed by atoms with Gasteiger partial charge in [-0.05, 0) is 120 Å². The number of esters is 1. The molecule has 0 radical (unpaired) electrons. The van der Waals surface area contributed by atoms with Crippen molar-refractivity contribution in [2.24, 2.45) is 22.7 Å². The summed E-state index contributed by atoms with van der Waals surface area (Å²) in [5.74, 6) is -4.83. The molecule has 3 aromatic rings. The van der Waals surface area contributed by atoms with Crippen LogP contribution in [0, 0.1) is 22.7 Å². The molecule has 7 aliphatic heterocycles. The number of alkyl halides is 3. The first-order valence-corrected chi connectivity index (χ1v) is 29.9. The first kappa shape index (κ1) is 49.2. The van der Waals surface area contributed by atoms with Gasteiger partial charge in [0.05, 0.1) is 56.1 Å². The fourth-order valence-electron chi connectivity index (χ4n) is 14.5. The van der Waals surface area contributed by atoms with Crippen molar-refractivity contribution in [3.8, 4) is 11.3 Å². The number of benzene rings is 1. The zero-order chi connectivity index (χ0) is 63.5. The largest absolute Gasteiger partial charge is 0.464 e. The molecule has 1 unspecified atom stereocenters. The van der Waals surface area contributed by atoms with Gasteiger partial charge in [-0.1, -0.05) is 27.6 Å². The molecule has 2 aromatic heterocycles. The lowest BCUT2D eigenvalue weighted by Crippen LogP contribution is -2.62. The summed E-state index contributed by atoms with van der Waals surface area (Å²) in [7, 11) is 3.48. The average molecular weight is 1150 g/mol. The molecule has 12 rings (SSSR count). The summed E-state index contributed by atoms with van der Waals surface area (Å²) in [4.78, 5) is 75.9. The second-order valence-electron chi connectivity index (χ2n) is 25.9. The second kappa shape index (κ2) is 22.4. The van der Waals surface area contributed by atoms with Gasteiger partial charge in [0.2, 0.25) is 11.8 Å². The average Bonchev–Trinajstić information content (AvgIpc) is 1.59. The van der Waals surface area contributed by atoms with Crippen molar-refractivity contribution in [2.45, 2.75) is 160 Å². The van der Waals surface area contributed by atoms with Crippen LogP contribution >= 0.6 is 0 Å². The molecule has 9 atom stereocenters. The molecule has 2 aliphatic carbocycles. The molecule has 1 spiro atoms. The van der Waals surface area contributed by atoms with Gasteiger partial charge < -0.3 is 38.8 Å². The number of nitrogens with zero attached hydrogens (tertiary/aromatic N) is 9. The standard InChI is InChI=1S/C61H86F3N11O7/c1-37(2)51(72-19-16-60(33-72)17-20-73(34-60)57(78)54-52(68(54)6)39-10-11-39)55(76)66-48-29-43-32-71(25-26-81-43)41-14-15-49-44(27-41)46(30-59(4,5)36-82-58(79)47-9-8-18-75(67-47)56(48)77)53(74(49)35-61(62,63)64)45-28-42(31-65-50(45)38(3)80-7)70-23-21-69(22-24-70)40-12-13-40/h14-15,27-28,31,37-40,43,47-48,51-52,54,67H,8-13,16-26,29-30,32-36H2,1-7H3,(H,66,76)/t38-,43-,47-,48-,51-,52+,54+,60-,68?/m0/s1/i1D3,2D3,51D. The highest BCUT2D eigenvalue weighted by molar-refractivity contribution is 5.95. The number of pyridine rings is 1. The number of hydrogen-bond donors (Lipinski definition) is 2. The van der Waals surface area contributed by atoms with Crippen molar-refractivity contribution in [3.63, 3.8) is 0 Å². The Hall–Kier alpha value is -5.06. The number of piperazine rings is 1. The maximum Gasteiger partial charge on any atom is 0.406 e. The number of amides is 3. The molecule has 3 amide bonds. The molecule has 21 heteroatoms. The Morgan fingerprint density at radius 3 is 2.49 bits per heavy atom. The first-order valence-electron chi connectivity index (χ1n) is 33.4. The van der Waals surface area contributed by atoms with Crippen LogP contribution in [0.4, 0.5) is 24.5 Å². The number of nitrogens with one attached hydrogen (secondary N) is 2. The lowest BCUT2D eigenvalue weighted by molar-refractivity contribution is -0.156. The van der Waals surface area contributed by atoms with Crippen molar-refractivity contribution in [3.05, 3.63) is 41.7 Å². The van der Waals surface area contributed by atoms with Crippen LogP contribution in [0.15, 0.2) is 30.5 Å². The van der Waals surface area contributed by atoms with Gasteiger partial charge >= 0.3 is 12.1 Å². The number of morpholine rings is 1. The number of hydrogen-bond acceptors (Lipinski definition) is 14. The van der Waals surface area contributed by atoms with E-state index in [1.54, 1.807) is 23.2 Å². The smallest absolute Gasteiger partial charge is 0.406 e. The van der Waals surface area contributed by atoms with Gasteiger partial charge in [0.1, 0.15) is 24.7 Å². The number of rotatable bonds is 12. The monoisotopic (exact) mass is 1150 g/mol. The van der Waals surface area contributed by atoms with E-state index in [1.807, 2.05) is 44.9 Å². The molecular weight excluding hydrogens is 1060 g/mol. The predicted molar refractivity (Wildman–Crippen MR) is 305 cm³/mol. The second-order valence-corrected chi connectivity index (χ2v) is 25.9. The maximum absolute atomic E-state index is 15.5. The topological polar surface area (TPSA) is 160 Å². The van der Waals surface area contributed by atoms with Crippen molar-refractivity contribution in [1.82, 2.24) is 44.9 Å². The third-order valence-electron chi connectivity index (χ3n) is 19.3. The van der Waals surface area contributed by atoms with E-state index >= 15 is 22.8 Å². The van der Waals surface area contributed by atoms with Crippen LogP contribution in [0.2, 0.25) is 0 Å². The third-order valence-corrected chi connectivity index (χ3v) is 19.3. The quantitative estimate of drug-likeness (QED) is 0.161. The minimum Gasteiger partial charge on any atom is -0.464 e. The summed E-state index contributed by atoms with van der Waals surface area (Å²) in [6.45, 7) is 1.63. The number of hydrazine groups is 1. The van der Waals surface area contributed by atoms with E-state index in [4.69, 9.17) is 27.4 Å². The minimum atomic E-state index is -4.67. The SMILES string of the molecule is [2H]C([2H])([2H])C(C([2H])([2H])[2H])[C@@]([2H])(C(=O)N[C@H]1C[C@H]2CN(CCO2)c2ccc3c(c2)c(c(-c2cc(N4CCN(C5CC5)CC4)cnc2[C@H](C)OC)n3CC(F)(F)F)CC(C)(C)COC(=O)[C@@H]2CCCN(N2)C1=O)N1CC[C@]2(CCN(C(=O)[C@H]3[C@@H](C4CC4)N3C)C2)C1. The Bertz CT molecular complexity index is 3180. The summed E-state index contributed by atoms with van der Waals surface area (Å²) >= 11 is 0. The number of carbonyl (C=O) groups excluding carboxylic acids is 4. The fraction of sp³-hybridized carbons (Fsp3) is 0.721. The molecule has 82 heavy (non-hydrogen) atoms. The highest BCUT2D eigenvalue weighted by atomic mass is 19.4. The molecule has 448 valence electrons. The van der Waals surface area contributed by atoms with E-state index in [-0.39, 0.29) is 76.6 Å². The van der Waals surface area contributed by atoms with Gasteiger partial charge in [-0.3, -0.25) is 43.9 Å². The first-order chi connectivity index (χ1) is 42.0. The Labute approximate surface area is 490 Å². The summed E-state index contributed by atoms with van der Waals surface area (Å²) in [6, 6.07) is 2.12. The van der Waals surface area contributed by atoms with E-state index in [1.165, 1.54) is 34.4 Å². The van der Waals surface area contributed by atoms with Crippen molar-refractivity contribution >= 4 is 46.0 Å². The Morgan fingerprint density at radius 1 is 0.976 bits per heavy atom. The van der Waals surface area contributed by atoms with Crippen molar-refractivity contribution in [2.75, 3.05) is 109 Å². The molecule has 2 N–H and O–H groups in total. The van der Waals surface area contributed by atoms with Crippen LogP contribution in [0.5, 0.6) is 0 Å². The molecule has 2 saturated carbocycles. The zero-order valence-corrected chi connectivity index (χ0v) is 48.1. The van der Waals surface area contributed by atoms with Gasteiger partial charge in [-0.25, -0.2) is 5.43 Å². The van der Waals surface area contributed by atoms with E-state index < -0.39 is 91.3 Å². The number of fused-ring (bicyclic) bond motifs is 6. The molecule has 1 aromatic carbocycles. The third kappa shape index (κ3) is 11.7. The van der Waals surface area contributed by atoms with Crippen LogP contribution in [0.3, 0.4) is 0 Å². The highest BCUT2D eigenvalue weighted by Gasteiger charge is 2.59. The van der Waals surface area contributed by atoms with Crippen LogP contribution < -0.4 is 20.5 Å². The van der Waals surface area contributed by atoms with Gasteiger partial charge in [-0.15, -0.1) is 0 Å². The van der Waals surface area contributed by atoms with Crippen LogP contribution in [-0.4, -0.2) is 206 Å². The molecule has 9 heterocycles.